The Morgan fingerprint density at radius 2 is 2.03 bits per heavy atom. The highest BCUT2D eigenvalue weighted by Gasteiger charge is 2.32. The lowest BCUT2D eigenvalue weighted by Gasteiger charge is -2.30. The minimum atomic E-state index is 0.00451. The van der Waals surface area contributed by atoms with Gasteiger partial charge in [-0.2, -0.15) is 0 Å². The number of ether oxygens (including phenoxy) is 1. The van der Waals surface area contributed by atoms with E-state index >= 15 is 0 Å². The molecule has 32 heavy (non-hydrogen) atoms. The fourth-order valence-corrected chi connectivity index (χ4v) is 4.45. The molecule has 3 heterocycles. The number of nitrogens with zero attached hydrogens (tertiary/aromatic N) is 4. The molecule has 4 rings (SSSR count). The number of methoxy groups -OCH3 is 1. The van der Waals surface area contributed by atoms with Gasteiger partial charge < -0.3 is 10.1 Å². The number of hydrogen-bond donors (Lipinski definition) is 1. The van der Waals surface area contributed by atoms with E-state index in [9.17, 15) is 9.59 Å². The first-order chi connectivity index (χ1) is 15.5. The highest BCUT2D eigenvalue weighted by Crippen LogP contribution is 2.32. The molecule has 8 nitrogen and oxygen atoms in total. The Morgan fingerprint density at radius 3 is 2.81 bits per heavy atom. The topological polar surface area (TPSA) is 87.7 Å². The molecule has 0 radical (unpaired) electrons. The van der Waals surface area contributed by atoms with Crippen LogP contribution in [-0.2, 0) is 27.3 Å². The van der Waals surface area contributed by atoms with Gasteiger partial charge in [0, 0.05) is 43.8 Å². The first-order valence-corrected chi connectivity index (χ1v) is 11.2. The van der Waals surface area contributed by atoms with Gasteiger partial charge in [-0.05, 0) is 31.9 Å². The number of nitrogens with one attached hydrogen (secondary N) is 1. The average molecular weight is 438 g/mol. The maximum atomic E-state index is 12.8. The second-order valence-electron chi connectivity index (χ2n) is 8.50. The molecule has 0 saturated carbocycles. The summed E-state index contributed by atoms with van der Waals surface area (Å²) < 4.78 is 4.97. The summed E-state index contributed by atoms with van der Waals surface area (Å²) in [6.45, 7) is 5.48. The number of carbonyl (C=O) groups excluding carboxylic acids is 2. The largest absolute Gasteiger partial charge is 0.383 e. The van der Waals surface area contributed by atoms with E-state index < -0.39 is 0 Å². The number of fused-ring (bicyclic) bond motifs is 1. The van der Waals surface area contributed by atoms with Gasteiger partial charge in [0.2, 0.25) is 11.8 Å². The van der Waals surface area contributed by atoms with E-state index in [4.69, 9.17) is 14.7 Å². The third kappa shape index (κ3) is 5.14. The summed E-state index contributed by atoms with van der Waals surface area (Å²) in [4.78, 5) is 38.6. The number of aromatic nitrogens is 2. The number of rotatable bonds is 8. The minimum absolute atomic E-state index is 0.00451. The smallest absolute Gasteiger partial charge is 0.234 e. The Hall–Kier alpha value is -2.84. The number of hydrogen-bond acceptors (Lipinski definition) is 6. The van der Waals surface area contributed by atoms with Crippen molar-refractivity contribution in [3.8, 4) is 0 Å². The maximum Gasteiger partial charge on any atom is 0.234 e. The average Bonchev–Trinajstić information content (AvgIpc) is 3.25. The van der Waals surface area contributed by atoms with Crippen LogP contribution in [-0.4, -0.2) is 66.6 Å². The van der Waals surface area contributed by atoms with Gasteiger partial charge in [-0.3, -0.25) is 19.4 Å². The molecule has 0 aliphatic carbocycles. The molecule has 1 atom stereocenters. The maximum absolute atomic E-state index is 12.8. The number of aryl methyl sites for hydroxylation is 1. The van der Waals surface area contributed by atoms with Crippen molar-refractivity contribution in [3.63, 3.8) is 0 Å². The molecule has 1 aromatic carbocycles. The summed E-state index contributed by atoms with van der Waals surface area (Å²) in [6.07, 6.45) is 2.07. The van der Waals surface area contributed by atoms with Crippen LogP contribution in [0.15, 0.2) is 30.3 Å². The van der Waals surface area contributed by atoms with Crippen LogP contribution in [0.3, 0.4) is 0 Å². The second-order valence-corrected chi connectivity index (χ2v) is 8.50. The van der Waals surface area contributed by atoms with E-state index in [1.807, 2.05) is 42.2 Å². The number of amides is 2. The van der Waals surface area contributed by atoms with Crippen molar-refractivity contribution in [3.05, 3.63) is 53.0 Å². The SMILES string of the molecule is COCCNC(=O)CN1CC[C@H](c2nc(C)c3c(n2)N(Cc2ccccc2)C(=O)CC3)C1. The highest BCUT2D eigenvalue weighted by molar-refractivity contribution is 5.95. The van der Waals surface area contributed by atoms with Gasteiger partial charge in [-0.15, -0.1) is 0 Å². The van der Waals surface area contributed by atoms with Crippen LogP contribution in [0.4, 0.5) is 5.82 Å². The zero-order valence-electron chi connectivity index (χ0n) is 18.8. The molecule has 0 spiro atoms. The van der Waals surface area contributed by atoms with Gasteiger partial charge in [0.05, 0.1) is 19.7 Å². The van der Waals surface area contributed by atoms with Gasteiger partial charge in [-0.1, -0.05) is 30.3 Å². The van der Waals surface area contributed by atoms with Crippen molar-refractivity contribution in [1.29, 1.82) is 0 Å². The van der Waals surface area contributed by atoms with Crippen molar-refractivity contribution in [2.24, 2.45) is 0 Å². The third-order valence-corrected chi connectivity index (χ3v) is 6.17. The molecule has 170 valence electrons. The van der Waals surface area contributed by atoms with Crippen LogP contribution in [0, 0.1) is 6.92 Å². The number of carbonyl (C=O) groups is 2. The second kappa shape index (κ2) is 10.2. The highest BCUT2D eigenvalue weighted by atomic mass is 16.5. The lowest BCUT2D eigenvalue weighted by molar-refractivity contribution is -0.122. The normalized spacial score (nSPS) is 18.6. The first kappa shape index (κ1) is 22.4. The molecular formula is C24H31N5O3. The summed E-state index contributed by atoms with van der Waals surface area (Å²) >= 11 is 0. The monoisotopic (exact) mass is 437 g/mol. The van der Waals surface area contributed by atoms with Crippen molar-refractivity contribution in [2.45, 2.75) is 38.6 Å². The molecule has 1 N–H and O–H groups in total. The molecule has 0 unspecified atom stereocenters. The van der Waals surface area contributed by atoms with Crippen molar-refractivity contribution in [2.75, 3.05) is 44.8 Å². The summed E-state index contributed by atoms with van der Waals surface area (Å²) in [5.74, 6) is 1.79. The first-order valence-electron chi connectivity index (χ1n) is 11.2. The molecule has 2 aliphatic rings. The van der Waals surface area contributed by atoms with E-state index in [0.29, 0.717) is 39.1 Å². The van der Waals surface area contributed by atoms with Gasteiger partial charge >= 0.3 is 0 Å². The van der Waals surface area contributed by atoms with Gasteiger partial charge in [0.25, 0.3) is 0 Å². The predicted octanol–water partition coefficient (Wildman–Crippen LogP) is 1.82. The Bertz CT molecular complexity index is 966. The van der Waals surface area contributed by atoms with Gasteiger partial charge in [0.1, 0.15) is 11.6 Å². The van der Waals surface area contributed by atoms with Crippen LogP contribution >= 0.6 is 0 Å². The molecule has 1 saturated heterocycles. The van der Waals surface area contributed by atoms with Crippen LogP contribution in [0.5, 0.6) is 0 Å². The zero-order chi connectivity index (χ0) is 22.5. The molecule has 1 aromatic heterocycles. The Kier molecular flexibility index (Phi) is 7.12. The number of likely N-dealkylation sites (tertiary alicyclic amines) is 1. The third-order valence-electron chi connectivity index (χ3n) is 6.17. The molecule has 0 bridgehead atoms. The van der Waals surface area contributed by atoms with Gasteiger partial charge in [0.15, 0.2) is 0 Å². The zero-order valence-corrected chi connectivity index (χ0v) is 18.8. The minimum Gasteiger partial charge on any atom is -0.383 e. The van der Waals surface area contributed by atoms with E-state index in [0.717, 1.165) is 48.0 Å². The summed E-state index contributed by atoms with van der Waals surface area (Å²) in [6, 6.07) is 10.0. The van der Waals surface area contributed by atoms with Crippen LogP contribution < -0.4 is 10.2 Å². The fraction of sp³-hybridized carbons (Fsp3) is 0.500. The van der Waals surface area contributed by atoms with E-state index in [-0.39, 0.29) is 17.7 Å². The lowest BCUT2D eigenvalue weighted by atomic mass is 10.0. The number of anilines is 1. The Morgan fingerprint density at radius 1 is 1.22 bits per heavy atom. The van der Waals surface area contributed by atoms with E-state index in [2.05, 4.69) is 10.2 Å². The standard InChI is InChI=1S/C24H31N5O3/c1-17-20-8-9-22(31)29(14-18-6-4-3-5-7-18)24(20)27-23(26-17)19-10-12-28(15-19)16-21(30)25-11-13-32-2/h3-7,19H,8-16H2,1-2H3,(H,25,30)/t19-/m0/s1. The summed E-state index contributed by atoms with van der Waals surface area (Å²) in [5.41, 5.74) is 3.10. The summed E-state index contributed by atoms with van der Waals surface area (Å²) in [5, 5.41) is 2.87. The van der Waals surface area contributed by atoms with Crippen LogP contribution in [0.2, 0.25) is 0 Å². The predicted molar refractivity (Wildman–Crippen MR) is 121 cm³/mol. The van der Waals surface area contributed by atoms with Crippen LogP contribution in [0.1, 0.15) is 41.4 Å². The van der Waals surface area contributed by atoms with Crippen molar-refractivity contribution < 1.29 is 14.3 Å². The summed E-state index contributed by atoms with van der Waals surface area (Å²) in [7, 11) is 1.62. The quantitative estimate of drug-likeness (QED) is 0.634. The lowest BCUT2D eigenvalue weighted by Crippen LogP contribution is -2.37. The van der Waals surface area contributed by atoms with Gasteiger partial charge in [-0.25, -0.2) is 9.97 Å². The Labute approximate surface area is 189 Å². The molecule has 2 aliphatic heterocycles. The molecule has 2 aromatic rings. The molecule has 8 heteroatoms. The van der Waals surface area contributed by atoms with E-state index in [1.165, 1.54) is 0 Å². The van der Waals surface area contributed by atoms with E-state index in [1.54, 1.807) is 7.11 Å². The molecule has 2 amide bonds. The number of benzene rings is 1. The van der Waals surface area contributed by atoms with Crippen LogP contribution in [0.25, 0.3) is 0 Å². The van der Waals surface area contributed by atoms with Crippen molar-refractivity contribution in [1.82, 2.24) is 20.2 Å². The fourth-order valence-electron chi connectivity index (χ4n) is 4.45. The molecule has 1 fully saturated rings. The molecular weight excluding hydrogens is 406 g/mol. The van der Waals surface area contributed by atoms with Crippen molar-refractivity contribution >= 4 is 17.6 Å². The Balaban J connectivity index is 1.49.